The first-order valence-electron chi connectivity index (χ1n) is 6.00. The number of rotatable bonds is 5. The predicted molar refractivity (Wildman–Crippen MR) is 74.7 cm³/mol. The standard InChI is InChI=1S/C12H18ClN5/c1-17(2)5-3-4-6-18-11-10(16-12(18)14)7-9(13)8-15-11/h7-8H,3-6H2,1-2H3,(H2,14,16). The number of aryl methyl sites for hydroxylation is 1. The molecule has 0 saturated heterocycles. The van der Waals surface area contributed by atoms with Crippen LogP contribution in [0.4, 0.5) is 5.95 Å². The molecule has 0 aliphatic heterocycles. The molecular weight excluding hydrogens is 250 g/mol. The van der Waals surface area contributed by atoms with Crippen LogP contribution in [0.1, 0.15) is 12.8 Å². The van der Waals surface area contributed by atoms with Gasteiger partial charge in [0.05, 0.1) is 5.02 Å². The number of anilines is 1. The fourth-order valence-corrected chi connectivity index (χ4v) is 2.07. The van der Waals surface area contributed by atoms with Crippen molar-refractivity contribution >= 4 is 28.7 Å². The first-order valence-corrected chi connectivity index (χ1v) is 6.37. The largest absolute Gasteiger partial charge is 0.369 e. The topological polar surface area (TPSA) is 60.0 Å². The minimum absolute atomic E-state index is 0.504. The fourth-order valence-electron chi connectivity index (χ4n) is 1.92. The molecule has 5 nitrogen and oxygen atoms in total. The van der Waals surface area contributed by atoms with Gasteiger partial charge in [-0.15, -0.1) is 0 Å². The van der Waals surface area contributed by atoms with Gasteiger partial charge in [-0.05, 0) is 39.5 Å². The molecular formula is C12H18ClN5. The Balaban J connectivity index is 2.10. The van der Waals surface area contributed by atoms with E-state index in [2.05, 4.69) is 29.0 Å². The van der Waals surface area contributed by atoms with E-state index in [1.807, 2.05) is 4.57 Å². The molecule has 0 bridgehead atoms. The Morgan fingerprint density at radius 1 is 1.39 bits per heavy atom. The van der Waals surface area contributed by atoms with Gasteiger partial charge in [0.15, 0.2) is 5.65 Å². The van der Waals surface area contributed by atoms with E-state index in [-0.39, 0.29) is 0 Å². The molecule has 0 spiro atoms. The summed E-state index contributed by atoms with van der Waals surface area (Å²) in [7, 11) is 4.15. The molecule has 0 aliphatic carbocycles. The molecule has 2 aromatic rings. The number of hydrogen-bond acceptors (Lipinski definition) is 4. The van der Waals surface area contributed by atoms with Crippen LogP contribution in [0.15, 0.2) is 12.3 Å². The zero-order chi connectivity index (χ0) is 13.1. The highest BCUT2D eigenvalue weighted by Crippen LogP contribution is 2.19. The van der Waals surface area contributed by atoms with Gasteiger partial charge >= 0.3 is 0 Å². The van der Waals surface area contributed by atoms with Crippen molar-refractivity contribution in [1.82, 2.24) is 19.4 Å². The SMILES string of the molecule is CN(C)CCCCn1c(N)nc2cc(Cl)cnc21. The van der Waals surface area contributed by atoms with E-state index < -0.39 is 0 Å². The molecule has 6 heteroatoms. The van der Waals surface area contributed by atoms with Crippen molar-refractivity contribution in [2.75, 3.05) is 26.4 Å². The number of hydrogen-bond donors (Lipinski definition) is 1. The summed E-state index contributed by atoms with van der Waals surface area (Å²) in [5, 5.41) is 0.583. The smallest absolute Gasteiger partial charge is 0.202 e. The highest BCUT2D eigenvalue weighted by atomic mass is 35.5. The molecule has 0 aliphatic rings. The number of nitrogen functional groups attached to an aromatic ring is 1. The lowest BCUT2D eigenvalue weighted by molar-refractivity contribution is 0.388. The molecule has 2 N–H and O–H groups in total. The summed E-state index contributed by atoms with van der Waals surface area (Å²) < 4.78 is 1.95. The van der Waals surface area contributed by atoms with Crippen LogP contribution in [0.2, 0.25) is 5.02 Å². The number of imidazole rings is 1. The number of halogens is 1. The normalized spacial score (nSPS) is 11.6. The lowest BCUT2D eigenvalue weighted by Gasteiger charge is -2.09. The van der Waals surface area contributed by atoms with Crippen LogP contribution in [-0.4, -0.2) is 40.1 Å². The molecule has 0 aromatic carbocycles. The van der Waals surface area contributed by atoms with Crippen LogP contribution >= 0.6 is 11.6 Å². The third-order valence-electron chi connectivity index (χ3n) is 2.82. The zero-order valence-electron chi connectivity index (χ0n) is 10.7. The van der Waals surface area contributed by atoms with Gasteiger partial charge in [-0.25, -0.2) is 9.97 Å². The maximum absolute atomic E-state index is 5.90. The minimum atomic E-state index is 0.504. The van der Waals surface area contributed by atoms with E-state index in [9.17, 15) is 0 Å². The van der Waals surface area contributed by atoms with E-state index in [0.29, 0.717) is 11.0 Å². The maximum Gasteiger partial charge on any atom is 0.202 e. The Labute approximate surface area is 112 Å². The molecule has 98 valence electrons. The molecule has 0 amide bonds. The number of pyridine rings is 1. The molecule has 0 radical (unpaired) electrons. The Hall–Kier alpha value is -1.33. The molecule has 0 fully saturated rings. The number of unbranched alkanes of at least 4 members (excludes halogenated alkanes) is 1. The quantitative estimate of drug-likeness (QED) is 0.842. The van der Waals surface area contributed by atoms with E-state index in [1.54, 1.807) is 12.3 Å². The third kappa shape index (κ3) is 2.91. The summed E-state index contributed by atoms with van der Waals surface area (Å²) in [6.45, 7) is 1.91. The van der Waals surface area contributed by atoms with Crippen molar-refractivity contribution in [1.29, 1.82) is 0 Å². The molecule has 0 unspecified atom stereocenters. The minimum Gasteiger partial charge on any atom is -0.369 e. The summed E-state index contributed by atoms with van der Waals surface area (Å²) >= 11 is 5.88. The highest BCUT2D eigenvalue weighted by Gasteiger charge is 2.09. The Kier molecular flexibility index (Phi) is 4.04. The van der Waals surface area contributed by atoms with Gasteiger partial charge < -0.3 is 10.6 Å². The van der Waals surface area contributed by atoms with E-state index in [4.69, 9.17) is 17.3 Å². The van der Waals surface area contributed by atoms with Crippen molar-refractivity contribution in [3.05, 3.63) is 17.3 Å². The molecule has 2 heterocycles. The van der Waals surface area contributed by atoms with Gasteiger partial charge in [-0.3, -0.25) is 4.57 Å². The second kappa shape index (κ2) is 5.54. The summed E-state index contributed by atoms with van der Waals surface area (Å²) in [5.74, 6) is 0.504. The van der Waals surface area contributed by atoms with Gasteiger partial charge in [0.1, 0.15) is 5.52 Å². The van der Waals surface area contributed by atoms with Gasteiger partial charge in [0, 0.05) is 12.7 Å². The zero-order valence-corrected chi connectivity index (χ0v) is 11.5. The van der Waals surface area contributed by atoms with E-state index in [0.717, 1.165) is 37.1 Å². The lowest BCUT2D eigenvalue weighted by Crippen LogP contribution is -2.14. The van der Waals surface area contributed by atoms with Crippen LogP contribution in [0.3, 0.4) is 0 Å². The maximum atomic E-state index is 5.90. The number of nitrogens with two attached hydrogens (primary N) is 1. The van der Waals surface area contributed by atoms with E-state index in [1.165, 1.54) is 0 Å². The Morgan fingerprint density at radius 2 is 2.17 bits per heavy atom. The van der Waals surface area contributed by atoms with Crippen molar-refractivity contribution in [2.45, 2.75) is 19.4 Å². The van der Waals surface area contributed by atoms with Crippen LogP contribution in [0.25, 0.3) is 11.2 Å². The second-order valence-electron chi connectivity index (χ2n) is 4.63. The van der Waals surface area contributed by atoms with Gasteiger partial charge in [0.2, 0.25) is 5.95 Å². The average Bonchev–Trinajstić information content (AvgIpc) is 2.59. The van der Waals surface area contributed by atoms with E-state index >= 15 is 0 Å². The number of nitrogens with zero attached hydrogens (tertiary/aromatic N) is 4. The van der Waals surface area contributed by atoms with Crippen molar-refractivity contribution in [2.24, 2.45) is 0 Å². The summed E-state index contributed by atoms with van der Waals surface area (Å²) in [6.07, 6.45) is 3.80. The van der Waals surface area contributed by atoms with Crippen LogP contribution < -0.4 is 5.73 Å². The number of fused-ring (bicyclic) bond motifs is 1. The monoisotopic (exact) mass is 267 g/mol. The second-order valence-corrected chi connectivity index (χ2v) is 5.06. The average molecular weight is 268 g/mol. The first kappa shape index (κ1) is 13.1. The first-order chi connectivity index (χ1) is 8.58. The highest BCUT2D eigenvalue weighted by molar-refractivity contribution is 6.31. The van der Waals surface area contributed by atoms with Gasteiger partial charge in [0.25, 0.3) is 0 Å². The Bertz CT molecular complexity index is 534. The molecule has 0 atom stereocenters. The summed E-state index contributed by atoms with van der Waals surface area (Å²) in [6, 6.07) is 1.79. The fraction of sp³-hybridized carbons (Fsp3) is 0.500. The van der Waals surface area contributed by atoms with Crippen molar-refractivity contribution in [3.63, 3.8) is 0 Å². The molecule has 2 rings (SSSR count). The predicted octanol–water partition coefficient (Wildman–Crippen LogP) is 2.01. The van der Waals surface area contributed by atoms with Crippen molar-refractivity contribution in [3.8, 4) is 0 Å². The third-order valence-corrected chi connectivity index (χ3v) is 3.02. The lowest BCUT2D eigenvalue weighted by atomic mass is 10.3. The van der Waals surface area contributed by atoms with Crippen molar-refractivity contribution < 1.29 is 0 Å². The van der Waals surface area contributed by atoms with Crippen LogP contribution in [0.5, 0.6) is 0 Å². The number of aromatic nitrogens is 3. The van der Waals surface area contributed by atoms with Gasteiger partial charge in [-0.1, -0.05) is 11.6 Å². The Morgan fingerprint density at radius 3 is 2.89 bits per heavy atom. The molecule has 0 saturated carbocycles. The van der Waals surface area contributed by atoms with Gasteiger partial charge in [-0.2, -0.15) is 0 Å². The molecule has 18 heavy (non-hydrogen) atoms. The summed E-state index contributed by atoms with van der Waals surface area (Å²) in [5.41, 5.74) is 7.47. The summed E-state index contributed by atoms with van der Waals surface area (Å²) in [4.78, 5) is 10.7. The van der Waals surface area contributed by atoms with Crippen LogP contribution in [-0.2, 0) is 6.54 Å². The molecule has 2 aromatic heterocycles. The van der Waals surface area contributed by atoms with Crippen LogP contribution in [0, 0.1) is 0 Å².